The second-order valence-electron chi connectivity index (χ2n) is 5.68. The maximum atomic E-state index is 12.8. The van der Waals surface area contributed by atoms with Crippen molar-refractivity contribution in [3.05, 3.63) is 18.3 Å². The Kier molecular flexibility index (Phi) is 4.14. The third kappa shape index (κ3) is 2.90. The molecule has 21 heavy (non-hydrogen) atoms. The highest BCUT2D eigenvalue weighted by Crippen LogP contribution is 2.25. The van der Waals surface area contributed by atoms with E-state index in [-0.39, 0.29) is 0 Å². The molecule has 1 atom stereocenters. The summed E-state index contributed by atoms with van der Waals surface area (Å²) < 4.78 is 27.2. The zero-order valence-electron chi connectivity index (χ0n) is 12.3. The summed E-state index contributed by atoms with van der Waals surface area (Å²) in [6.07, 6.45) is 5.08. The van der Waals surface area contributed by atoms with Crippen molar-refractivity contribution in [1.82, 2.24) is 14.2 Å². The monoisotopic (exact) mass is 310 g/mol. The summed E-state index contributed by atoms with van der Waals surface area (Å²) >= 11 is 0. The van der Waals surface area contributed by atoms with Gasteiger partial charge in [0.25, 0.3) is 0 Å². The summed E-state index contributed by atoms with van der Waals surface area (Å²) in [7, 11) is -1.68. The number of piperidine rings is 1. The van der Waals surface area contributed by atoms with Gasteiger partial charge in [0.15, 0.2) is 0 Å². The van der Waals surface area contributed by atoms with Gasteiger partial charge in [-0.25, -0.2) is 13.4 Å². The fourth-order valence-electron chi connectivity index (χ4n) is 3.20. The molecule has 0 bridgehead atoms. The van der Waals surface area contributed by atoms with Crippen LogP contribution in [-0.4, -0.2) is 61.9 Å². The minimum absolute atomic E-state index is 0.325. The van der Waals surface area contributed by atoms with Crippen molar-refractivity contribution in [2.24, 2.45) is 0 Å². The first-order valence-corrected chi connectivity index (χ1v) is 8.93. The van der Waals surface area contributed by atoms with Crippen LogP contribution in [0.15, 0.2) is 23.2 Å². The highest BCUT2D eigenvalue weighted by atomic mass is 32.2. The van der Waals surface area contributed by atoms with Crippen molar-refractivity contribution in [2.45, 2.75) is 30.2 Å². The second kappa shape index (κ2) is 5.90. The maximum absolute atomic E-state index is 12.8. The van der Waals surface area contributed by atoms with E-state index in [4.69, 9.17) is 0 Å². The number of piperazine rings is 1. The Morgan fingerprint density at radius 1 is 1.29 bits per heavy atom. The van der Waals surface area contributed by atoms with Gasteiger partial charge in [0.2, 0.25) is 10.0 Å². The van der Waals surface area contributed by atoms with Gasteiger partial charge in [-0.05, 0) is 25.5 Å². The number of fused-ring (bicyclic) bond motifs is 1. The Hall–Kier alpha value is -1.18. The molecule has 2 aliphatic heterocycles. The number of aromatic nitrogens is 1. The van der Waals surface area contributed by atoms with Crippen LogP contribution in [0.5, 0.6) is 0 Å². The Labute approximate surface area is 126 Å². The second-order valence-corrected chi connectivity index (χ2v) is 7.61. The van der Waals surface area contributed by atoms with Crippen molar-refractivity contribution >= 4 is 15.8 Å². The average molecular weight is 310 g/mol. The molecule has 2 saturated heterocycles. The van der Waals surface area contributed by atoms with E-state index in [1.54, 1.807) is 23.5 Å². The molecule has 1 aromatic heterocycles. The highest BCUT2D eigenvalue weighted by molar-refractivity contribution is 7.89. The Morgan fingerprint density at radius 3 is 2.95 bits per heavy atom. The molecule has 116 valence electrons. The van der Waals surface area contributed by atoms with E-state index in [1.165, 1.54) is 19.0 Å². The molecule has 6 nitrogen and oxygen atoms in total. The molecule has 0 aromatic carbocycles. The topological polar surface area (TPSA) is 65.5 Å². The first-order valence-electron chi connectivity index (χ1n) is 7.49. The number of sulfonamides is 1. The van der Waals surface area contributed by atoms with Crippen LogP contribution in [0.25, 0.3) is 0 Å². The summed E-state index contributed by atoms with van der Waals surface area (Å²) in [5.41, 5.74) is 0. The quantitative estimate of drug-likeness (QED) is 0.901. The van der Waals surface area contributed by atoms with E-state index in [9.17, 15) is 8.42 Å². The minimum atomic E-state index is -3.42. The fourth-order valence-corrected chi connectivity index (χ4v) is 4.69. The molecule has 1 unspecified atom stereocenters. The van der Waals surface area contributed by atoms with Gasteiger partial charge in [0.1, 0.15) is 5.82 Å². The summed E-state index contributed by atoms with van der Waals surface area (Å²) in [5.74, 6) is 0.576. The Bertz CT molecular complexity index is 605. The molecule has 2 fully saturated rings. The van der Waals surface area contributed by atoms with Crippen LogP contribution in [0, 0.1) is 0 Å². The first-order chi connectivity index (χ1) is 10.1. The van der Waals surface area contributed by atoms with Gasteiger partial charge in [0.05, 0.1) is 4.90 Å². The van der Waals surface area contributed by atoms with E-state index in [0.29, 0.717) is 29.8 Å². The maximum Gasteiger partial charge on any atom is 0.243 e. The molecule has 1 aromatic rings. The molecule has 7 heteroatoms. The number of rotatable bonds is 3. The van der Waals surface area contributed by atoms with Crippen molar-refractivity contribution < 1.29 is 8.42 Å². The lowest BCUT2D eigenvalue weighted by atomic mass is 10.0. The van der Waals surface area contributed by atoms with E-state index >= 15 is 0 Å². The number of nitrogens with one attached hydrogen (secondary N) is 1. The molecule has 3 heterocycles. The largest absolute Gasteiger partial charge is 0.373 e. The summed E-state index contributed by atoms with van der Waals surface area (Å²) in [5, 5.41) is 2.89. The SMILES string of the molecule is CNc1cc(S(=O)(=O)N2CCN3CCCCC3C2)ccn1. The van der Waals surface area contributed by atoms with Crippen LogP contribution in [-0.2, 0) is 10.0 Å². The van der Waals surface area contributed by atoms with Crippen LogP contribution in [0.3, 0.4) is 0 Å². The average Bonchev–Trinajstić information content (AvgIpc) is 2.54. The summed E-state index contributed by atoms with van der Waals surface area (Å²) in [6.45, 7) is 3.14. The molecule has 0 saturated carbocycles. The predicted molar refractivity (Wildman–Crippen MR) is 81.8 cm³/mol. The molecule has 0 amide bonds. The molecule has 3 rings (SSSR count). The third-order valence-electron chi connectivity index (χ3n) is 4.43. The number of pyridine rings is 1. The van der Waals surface area contributed by atoms with Crippen molar-refractivity contribution in [2.75, 3.05) is 38.5 Å². The number of anilines is 1. The van der Waals surface area contributed by atoms with E-state index in [2.05, 4.69) is 15.2 Å². The molecule has 0 radical (unpaired) electrons. The van der Waals surface area contributed by atoms with Gasteiger partial charge in [-0.2, -0.15) is 4.31 Å². The van der Waals surface area contributed by atoms with Gasteiger partial charge < -0.3 is 5.32 Å². The number of hydrogen-bond acceptors (Lipinski definition) is 5. The molecule has 0 spiro atoms. The van der Waals surface area contributed by atoms with Gasteiger partial charge in [-0.1, -0.05) is 6.42 Å². The molecule has 2 aliphatic rings. The summed E-state index contributed by atoms with van der Waals surface area (Å²) in [6, 6.07) is 3.55. The lowest BCUT2D eigenvalue weighted by Crippen LogP contribution is -2.56. The zero-order valence-corrected chi connectivity index (χ0v) is 13.1. The van der Waals surface area contributed by atoms with E-state index in [0.717, 1.165) is 19.5 Å². The van der Waals surface area contributed by atoms with Gasteiger partial charge in [-0.15, -0.1) is 0 Å². The Morgan fingerprint density at radius 2 is 2.14 bits per heavy atom. The Balaban J connectivity index is 1.81. The van der Waals surface area contributed by atoms with Gasteiger partial charge in [-0.3, -0.25) is 4.90 Å². The van der Waals surface area contributed by atoms with Crippen molar-refractivity contribution in [3.8, 4) is 0 Å². The molecular weight excluding hydrogens is 288 g/mol. The lowest BCUT2D eigenvalue weighted by molar-refractivity contribution is 0.0852. The summed E-state index contributed by atoms with van der Waals surface area (Å²) in [4.78, 5) is 6.84. The van der Waals surface area contributed by atoms with E-state index < -0.39 is 10.0 Å². The number of nitrogens with zero attached hydrogens (tertiary/aromatic N) is 3. The molecule has 1 N–H and O–H groups in total. The highest BCUT2D eigenvalue weighted by Gasteiger charge is 2.35. The van der Waals surface area contributed by atoms with Crippen molar-refractivity contribution in [1.29, 1.82) is 0 Å². The standard InChI is InChI=1S/C14H22N4O2S/c1-15-14-10-13(5-6-16-14)21(19,20)18-9-8-17-7-3-2-4-12(17)11-18/h5-6,10,12H,2-4,7-9,11H2,1H3,(H,15,16). The zero-order chi connectivity index (χ0) is 14.9. The molecule has 0 aliphatic carbocycles. The third-order valence-corrected chi connectivity index (χ3v) is 6.29. The first kappa shape index (κ1) is 14.7. The van der Waals surface area contributed by atoms with Crippen LogP contribution < -0.4 is 5.32 Å². The van der Waals surface area contributed by atoms with Crippen LogP contribution in [0.2, 0.25) is 0 Å². The minimum Gasteiger partial charge on any atom is -0.373 e. The predicted octanol–water partition coefficient (Wildman–Crippen LogP) is 0.982. The smallest absolute Gasteiger partial charge is 0.243 e. The van der Waals surface area contributed by atoms with Crippen LogP contribution >= 0.6 is 0 Å². The number of hydrogen-bond donors (Lipinski definition) is 1. The van der Waals surface area contributed by atoms with E-state index in [1.807, 2.05) is 0 Å². The van der Waals surface area contributed by atoms with Crippen LogP contribution in [0.1, 0.15) is 19.3 Å². The van der Waals surface area contributed by atoms with Crippen LogP contribution in [0.4, 0.5) is 5.82 Å². The molecular formula is C14H22N4O2S. The lowest BCUT2D eigenvalue weighted by Gasteiger charge is -2.43. The van der Waals surface area contributed by atoms with Gasteiger partial charge in [0, 0.05) is 45.0 Å². The van der Waals surface area contributed by atoms with Gasteiger partial charge >= 0.3 is 0 Å². The van der Waals surface area contributed by atoms with Crippen molar-refractivity contribution in [3.63, 3.8) is 0 Å². The fraction of sp³-hybridized carbons (Fsp3) is 0.643. The normalized spacial score (nSPS) is 24.5.